The molecule has 1 aromatic heterocycles. The van der Waals surface area contributed by atoms with Crippen molar-refractivity contribution in [3.63, 3.8) is 0 Å². The predicted molar refractivity (Wildman–Crippen MR) is 123 cm³/mol. The molecule has 0 aliphatic carbocycles. The van der Waals surface area contributed by atoms with Crippen LogP contribution in [0, 0.1) is 5.92 Å². The number of nitrogens with two attached hydrogens (primary N) is 2. The summed E-state index contributed by atoms with van der Waals surface area (Å²) in [6, 6.07) is 8.60. The quantitative estimate of drug-likeness (QED) is 0.583. The van der Waals surface area contributed by atoms with Crippen molar-refractivity contribution in [2.75, 3.05) is 18.0 Å². The van der Waals surface area contributed by atoms with Crippen LogP contribution < -0.4 is 16.4 Å². The molecule has 1 fully saturated rings. The van der Waals surface area contributed by atoms with E-state index in [4.69, 9.17) is 21.0 Å². The van der Waals surface area contributed by atoms with E-state index >= 15 is 0 Å². The Balaban J connectivity index is 1.88. The Morgan fingerprint density at radius 3 is 2.52 bits per heavy atom. The minimum absolute atomic E-state index is 0.221. The van der Waals surface area contributed by atoms with Gasteiger partial charge in [-0.3, -0.25) is 0 Å². The normalized spacial score (nSPS) is 18.0. The number of allylic oxidation sites excluding steroid dienone is 1. The summed E-state index contributed by atoms with van der Waals surface area (Å²) in [5, 5.41) is 14.1. The van der Waals surface area contributed by atoms with Gasteiger partial charge in [-0.2, -0.15) is 4.98 Å². The second-order valence-corrected chi connectivity index (χ2v) is 8.42. The van der Waals surface area contributed by atoms with Gasteiger partial charge in [0, 0.05) is 31.1 Å². The zero-order valence-electron chi connectivity index (χ0n) is 18.5. The van der Waals surface area contributed by atoms with Gasteiger partial charge in [-0.15, -0.1) is 0 Å². The summed E-state index contributed by atoms with van der Waals surface area (Å²) < 4.78 is 5.61. The number of hydrogen-bond donors (Lipinski definition) is 3. The van der Waals surface area contributed by atoms with Crippen molar-refractivity contribution in [2.45, 2.75) is 45.1 Å². The van der Waals surface area contributed by atoms with Gasteiger partial charge in [-0.1, -0.05) is 49.8 Å². The van der Waals surface area contributed by atoms with Crippen LogP contribution in [0.5, 0.6) is 0 Å². The van der Waals surface area contributed by atoms with Crippen LogP contribution in [0.25, 0.3) is 5.57 Å². The molecule has 1 aliphatic heterocycles. The molecule has 0 spiro atoms. The molecule has 1 atom stereocenters. The highest BCUT2D eigenvalue weighted by Crippen LogP contribution is 2.38. The number of piperidine rings is 1. The predicted octanol–water partition coefficient (Wildman–Crippen LogP) is 2.79. The van der Waals surface area contributed by atoms with Gasteiger partial charge in [0.2, 0.25) is 0 Å². The van der Waals surface area contributed by atoms with Crippen LogP contribution in [-0.2, 0) is 5.41 Å². The molecular weight excluding hydrogens is 392 g/mol. The van der Waals surface area contributed by atoms with E-state index in [1.165, 1.54) is 6.20 Å². The molecule has 2 aromatic rings. The van der Waals surface area contributed by atoms with Crippen LogP contribution in [0.3, 0.4) is 0 Å². The van der Waals surface area contributed by atoms with E-state index in [-0.39, 0.29) is 17.8 Å². The highest BCUT2D eigenvalue weighted by atomic mass is 16.5. The fourth-order valence-electron chi connectivity index (χ4n) is 3.71. The van der Waals surface area contributed by atoms with E-state index < -0.39 is 5.41 Å². The van der Waals surface area contributed by atoms with Gasteiger partial charge in [0.25, 0.3) is 0 Å². The SMILES string of the molecule is C=C(N)N=C/C(=C\N)c1ccc([C@@](C)(c2noc(N3CCC(O)CC3)n2)C(C)C)cc1. The first-order valence-electron chi connectivity index (χ1n) is 10.5. The average Bonchev–Trinajstić information content (AvgIpc) is 3.25. The van der Waals surface area contributed by atoms with Crippen LogP contribution in [-0.4, -0.2) is 40.7 Å². The lowest BCUT2D eigenvalue weighted by Crippen LogP contribution is -2.36. The molecule has 8 nitrogen and oxygen atoms in total. The van der Waals surface area contributed by atoms with Gasteiger partial charge >= 0.3 is 6.01 Å². The molecule has 1 saturated heterocycles. The van der Waals surface area contributed by atoms with Crippen LogP contribution >= 0.6 is 0 Å². The molecule has 0 bridgehead atoms. The maximum Gasteiger partial charge on any atom is 0.324 e. The lowest BCUT2D eigenvalue weighted by molar-refractivity contribution is 0.143. The van der Waals surface area contributed by atoms with Gasteiger partial charge in [-0.05, 0) is 36.8 Å². The number of rotatable bonds is 7. The van der Waals surface area contributed by atoms with Gasteiger partial charge in [0.1, 0.15) is 5.82 Å². The molecule has 8 heteroatoms. The largest absolute Gasteiger partial charge is 0.404 e. The number of aliphatic hydroxyl groups is 1. The number of hydrogen-bond acceptors (Lipinski definition) is 8. The van der Waals surface area contributed by atoms with Crippen LogP contribution in [0.4, 0.5) is 6.01 Å². The summed E-state index contributed by atoms with van der Waals surface area (Å²) in [6.07, 6.45) is 4.25. The van der Waals surface area contributed by atoms with Crippen LogP contribution in [0.2, 0.25) is 0 Å². The Hall–Kier alpha value is -3.13. The van der Waals surface area contributed by atoms with Crippen molar-refractivity contribution in [1.29, 1.82) is 0 Å². The van der Waals surface area contributed by atoms with Crippen molar-refractivity contribution < 1.29 is 9.63 Å². The zero-order valence-corrected chi connectivity index (χ0v) is 18.5. The molecule has 1 aromatic carbocycles. The summed E-state index contributed by atoms with van der Waals surface area (Å²) in [5.41, 5.74) is 13.6. The smallest absolute Gasteiger partial charge is 0.324 e. The first kappa shape index (κ1) is 22.6. The summed E-state index contributed by atoms with van der Waals surface area (Å²) >= 11 is 0. The minimum Gasteiger partial charge on any atom is -0.404 e. The number of nitrogens with zero attached hydrogens (tertiary/aromatic N) is 4. The number of anilines is 1. The Labute approximate surface area is 183 Å². The summed E-state index contributed by atoms with van der Waals surface area (Å²) in [5.74, 6) is 1.09. The topological polar surface area (TPSA) is 127 Å². The lowest BCUT2D eigenvalue weighted by atomic mass is 9.72. The maximum absolute atomic E-state index is 9.75. The number of aliphatic imine (C=N–C) groups is 1. The Morgan fingerprint density at radius 1 is 1.32 bits per heavy atom. The molecule has 5 N–H and O–H groups in total. The number of benzene rings is 1. The van der Waals surface area contributed by atoms with Gasteiger partial charge in [0.15, 0.2) is 5.82 Å². The monoisotopic (exact) mass is 424 g/mol. The van der Waals surface area contributed by atoms with E-state index in [0.29, 0.717) is 37.8 Å². The van der Waals surface area contributed by atoms with E-state index in [2.05, 4.69) is 49.6 Å². The second-order valence-electron chi connectivity index (χ2n) is 8.42. The molecule has 0 saturated carbocycles. The molecule has 0 amide bonds. The fourth-order valence-corrected chi connectivity index (χ4v) is 3.71. The molecule has 3 rings (SSSR count). The van der Waals surface area contributed by atoms with Gasteiger partial charge < -0.3 is 26.0 Å². The first-order valence-corrected chi connectivity index (χ1v) is 10.5. The average molecular weight is 425 g/mol. The van der Waals surface area contributed by atoms with E-state index in [1.807, 2.05) is 17.0 Å². The van der Waals surface area contributed by atoms with Crippen molar-refractivity contribution >= 4 is 17.8 Å². The Bertz CT molecular complexity index is 955. The third kappa shape index (κ3) is 4.80. The second kappa shape index (κ2) is 9.34. The van der Waals surface area contributed by atoms with Gasteiger partial charge in [0.05, 0.1) is 11.5 Å². The molecule has 1 aliphatic rings. The standard InChI is InChI=1S/C23H32N6O2/c1-15(2)23(4,21-27-22(31-28-21)29-11-9-20(30)10-12-29)19-7-5-17(6-8-19)18(13-24)14-26-16(3)25/h5-8,13-15,20,30H,3,9-12,24-25H2,1-2,4H3/b18-13+,26-14?/t23-/m0/s1. The zero-order chi connectivity index (χ0) is 22.6. The fraction of sp³-hybridized carbons (Fsp3) is 0.435. The van der Waals surface area contributed by atoms with Crippen molar-refractivity contribution in [1.82, 2.24) is 10.1 Å². The van der Waals surface area contributed by atoms with E-state index in [9.17, 15) is 5.11 Å². The van der Waals surface area contributed by atoms with Crippen molar-refractivity contribution in [3.05, 3.63) is 59.8 Å². The summed E-state index contributed by atoms with van der Waals surface area (Å²) in [7, 11) is 0. The summed E-state index contributed by atoms with van der Waals surface area (Å²) in [6.45, 7) is 11.4. The van der Waals surface area contributed by atoms with E-state index in [1.54, 1.807) is 6.21 Å². The third-order valence-electron chi connectivity index (χ3n) is 6.14. The van der Waals surface area contributed by atoms with Crippen LogP contribution in [0.1, 0.15) is 50.6 Å². The van der Waals surface area contributed by atoms with E-state index in [0.717, 1.165) is 16.7 Å². The van der Waals surface area contributed by atoms with Crippen LogP contribution in [0.15, 0.2) is 52.4 Å². The number of aromatic nitrogens is 2. The highest BCUT2D eigenvalue weighted by molar-refractivity contribution is 6.09. The third-order valence-corrected chi connectivity index (χ3v) is 6.14. The minimum atomic E-state index is -0.443. The summed E-state index contributed by atoms with van der Waals surface area (Å²) in [4.78, 5) is 10.8. The molecule has 166 valence electrons. The molecule has 2 heterocycles. The van der Waals surface area contributed by atoms with Crippen molar-refractivity contribution in [2.24, 2.45) is 22.4 Å². The molecule has 0 unspecified atom stereocenters. The Morgan fingerprint density at radius 2 is 1.97 bits per heavy atom. The van der Waals surface area contributed by atoms with Crippen molar-refractivity contribution in [3.8, 4) is 0 Å². The molecule has 0 radical (unpaired) electrons. The first-order chi connectivity index (χ1) is 14.8. The van der Waals surface area contributed by atoms with Gasteiger partial charge in [-0.25, -0.2) is 4.99 Å². The maximum atomic E-state index is 9.75. The number of aliphatic hydroxyl groups excluding tert-OH is 1. The Kier molecular flexibility index (Phi) is 6.80. The lowest BCUT2D eigenvalue weighted by Gasteiger charge is -2.31. The molecule has 31 heavy (non-hydrogen) atoms. The molecular formula is C23H32N6O2. The highest BCUT2D eigenvalue weighted by Gasteiger charge is 2.38.